The van der Waals surface area contributed by atoms with Crippen LogP contribution in [0.25, 0.3) is 0 Å². The van der Waals surface area contributed by atoms with Crippen molar-refractivity contribution in [2.45, 2.75) is 39.2 Å². The first-order chi connectivity index (χ1) is 5.77. The van der Waals surface area contributed by atoms with Crippen molar-refractivity contribution in [3.63, 3.8) is 0 Å². The van der Waals surface area contributed by atoms with E-state index in [1.54, 1.807) is 0 Å². The van der Waals surface area contributed by atoms with Crippen LogP contribution in [-0.2, 0) is 4.84 Å². The van der Waals surface area contributed by atoms with Gasteiger partial charge in [0.15, 0.2) is 6.10 Å². The Morgan fingerprint density at radius 1 is 1.75 bits per heavy atom. The van der Waals surface area contributed by atoms with Gasteiger partial charge in [-0.15, -0.1) is 0 Å². The first kappa shape index (κ1) is 9.52. The Hall–Kier alpha value is -0.570. The van der Waals surface area contributed by atoms with Crippen LogP contribution in [-0.4, -0.2) is 23.5 Å². The highest BCUT2D eigenvalue weighted by molar-refractivity contribution is 5.87. The second-order valence-electron chi connectivity index (χ2n) is 3.39. The molecule has 0 saturated heterocycles. The Bertz CT molecular complexity index is 168. The van der Waals surface area contributed by atoms with Gasteiger partial charge in [0.05, 0.1) is 12.3 Å². The zero-order valence-corrected chi connectivity index (χ0v) is 7.79. The molecule has 0 aliphatic carbocycles. The first-order valence-corrected chi connectivity index (χ1v) is 4.61. The van der Waals surface area contributed by atoms with Gasteiger partial charge in [-0.25, -0.2) is 0 Å². The highest BCUT2D eigenvalue weighted by Crippen LogP contribution is 2.18. The summed E-state index contributed by atoms with van der Waals surface area (Å²) in [6, 6.07) is 0. The Balaban J connectivity index is 2.34. The van der Waals surface area contributed by atoms with Crippen molar-refractivity contribution >= 4 is 5.71 Å². The zero-order valence-electron chi connectivity index (χ0n) is 7.79. The number of hydrogen-bond donors (Lipinski definition) is 1. The van der Waals surface area contributed by atoms with Gasteiger partial charge in [0.2, 0.25) is 0 Å². The zero-order chi connectivity index (χ0) is 8.97. The van der Waals surface area contributed by atoms with Crippen LogP contribution in [0.4, 0.5) is 0 Å². The molecule has 12 heavy (non-hydrogen) atoms. The SMILES string of the molecule is CCCC(C)C1=NOC(CO)C1. The van der Waals surface area contributed by atoms with E-state index in [-0.39, 0.29) is 12.7 Å². The summed E-state index contributed by atoms with van der Waals surface area (Å²) >= 11 is 0. The Kier molecular flexibility index (Phi) is 3.53. The number of aliphatic hydroxyl groups excluding tert-OH is 1. The lowest BCUT2D eigenvalue weighted by Crippen LogP contribution is -2.15. The molecule has 2 atom stereocenters. The summed E-state index contributed by atoms with van der Waals surface area (Å²) in [6.07, 6.45) is 3.04. The van der Waals surface area contributed by atoms with Gasteiger partial charge in [-0.3, -0.25) is 0 Å². The molecule has 1 N–H and O–H groups in total. The van der Waals surface area contributed by atoms with Crippen LogP contribution in [0.3, 0.4) is 0 Å². The van der Waals surface area contributed by atoms with E-state index in [1.807, 2.05) is 0 Å². The molecule has 1 rings (SSSR count). The van der Waals surface area contributed by atoms with Crippen molar-refractivity contribution in [1.82, 2.24) is 0 Å². The molecule has 0 bridgehead atoms. The lowest BCUT2D eigenvalue weighted by Gasteiger charge is -2.07. The standard InChI is InChI=1S/C9H17NO2/c1-3-4-7(2)9-5-8(6-11)12-10-9/h7-8,11H,3-6H2,1-2H3. The molecule has 1 aliphatic heterocycles. The van der Waals surface area contributed by atoms with Gasteiger partial charge in [0, 0.05) is 6.42 Å². The number of aliphatic hydroxyl groups is 1. The predicted octanol–water partition coefficient (Wildman–Crippen LogP) is 1.56. The van der Waals surface area contributed by atoms with Crippen LogP contribution in [0.2, 0.25) is 0 Å². The fourth-order valence-electron chi connectivity index (χ4n) is 1.44. The maximum atomic E-state index is 8.80. The van der Waals surface area contributed by atoms with Crippen LogP contribution in [0.1, 0.15) is 33.1 Å². The molecule has 70 valence electrons. The summed E-state index contributed by atoms with van der Waals surface area (Å²) in [5, 5.41) is 12.8. The monoisotopic (exact) mass is 171 g/mol. The minimum atomic E-state index is -0.0840. The summed E-state index contributed by atoms with van der Waals surface area (Å²) in [5.74, 6) is 0.506. The molecule has 2 unspecified atom stereocenters. The quantitative estimate of drug-likeness (QED) is 0.697. The van der Waals surface area contributed by atoms with E-state index in [4.69, 9.17) is 9.94 Å². The molecule has 1 aliphatic rings. The van der Waals surface area contributed by atoms with Gasteiger partial charge in [-0.1, -0.05) is 25.4 Å². The van der Waals surface area contributed by atoms with E-state index >= 15 is 0 Å². The van der Waals surface area contributed by atoms with E-state index in [9.17, 15) is 0 Å². The molecule has 3 nitrogen and oxygen atoms in total. The van der Waals surface area contributed by atoms with Crippen molar-refractivity contribution in [2.75, 3.05) is 6.61 Å². The Labute approximate surface area is 73.4 Å². The molecule has 3 heteroatoms. The van der Waals surface area contributed by atoms with Gasteiger partial charge < -0.3 is 9.94 Å². The van der Waals surface area contributed by atoms with Crippen LogP contribution in [0.5, 0.6) is 0 Å². The Morgan fingerprint density at radius 3 is 3.00 bits per heavy atom. The van der Waals surface area contributed by atoms with Gasteiger partial charge in [-0.2, -0.15) is 0 Å². The topological polar surface area (TPSA) is 41.8 Å². The van der Waals surface area contributed by atoms with E-state index in [0.29, 0.717) is 5.92 Å². The number of hydrogen-bond acceptors (Lipinski definition) is 3. The number of nitrogens with zero attached hydrogens (tertiary/aromatic N) is 1. The molecule has 0 fully saturated rings. The smallest absolute Gasteiger partial charge is 0.155 e. The number of oxime groups is 1. The molecule has 0 spiro atoms. The van der Waals surface area contributed by atoms with Crippen molar-refractivity contribution in [3.05, 3.63) is 0 Å². The van der Waals surface area contributed by atoms with Crippen LogP contribution >= 0.6 is 0 Å². The normalized spacial score (nSPS) is 24.9. The highest BCUT2D eigenvalue weighted by Gasteiger charge is 2.23. The van der Waals surface area contributed by atoms with Gasteiger partial charge in [-0.05, 0) is 12.3 Å². The summed E-state index contributed by atoms with van der Waals surface area (Å²) in [7, 11) is 0. The second-order valence-corrected chi connectivity index (χ2v) is 3.39. The first-order valence-electron chi connectivity index (χ1n) is 4.61. The minimum Gasteiger partial charge on any atom is -0.392 e. The lowest BCUT2D eigenvalue weighted by molar-refractivity contribution is 0.0390. The molecule has 0 aromatic heterocycles. The molecule has 0 amide bonds. The van der Waals surface area contributed by atoms with Crippen LogP contribution in [0.15, 0.2) is 5.16 Å². The fourth-order valence-corrected chi connectivity index (χ4v) is 1.44. The predicted molar refractivity (Wildman–Crippen MR) is 48.1 cm³/mol. The largest absolute Gasteiger partial charge is 0.392 e. The van der Waals surface area contributed by atoms with Gasteiger partial charge in [0.25, 0.3) is 0 Å². The van der Waals surface area contributed by atoms with Crippen LogP contribution in [0, 0.1) is 5.92 Å². The van der Waals surface area contributed by atoms with Gasteiger partial charge >= 0.3 is 0 Å². The van der Waals surface area contributed by atoms with E-state index in [0.717, 1.165) is 18.6 Å². The molecule has 0 aromatic carbocycles. The van der Waals surface area contributed by atoms with E-state index in [2.05, 4.69) is 19.0 Å². The van der Waals surface area contributed by atoms with Crippen molar-refractivity contribution in [1.29, 1.82) is 0 Å². The maximum Gasteiger partial charge on any atom is 0.155 e. The Morgan fingerprint density at radius 2 is 2.50 bits per heavy atom. The molecule has 1 heterocycles. The summed E-state index contributed by atoms with van der Waals surface area (Å²) < 4.78 is 0. The summed E-state index contributed by atoms with van der Waals surface area (Å²) in [4.78, 5) is 5.02. The van der Waals surface area contributed by atoms with Gasteiger partial charge in [0.1, 0.15) is 0 Å². The fraction of sp³-hybridized carbons (Fsp3) is 0.889. The van der Waals surface area contributed by atoms with Crippen molar-refractivity contribution < 1.29 is 9.94 Å². The molecular formula is C9H17NO2. The number of rotatable bonds is 4. The minimum absolute atomic E-state index is 0.0752. The van der Waals surface area contributed by atoms with Crippen LogP contribution < -0.4 is 0 Å². The van der Waals surface area contributed by atoms with E-state index in [1.165, 1.54) is 6.42 Å². The van der Waals surface area contributed by atoms with Crippen molar-refractivity contribution in [3.8, 4) is 0 Å². The molecular weight excluding hydrogens is 154 g/mol. The third-order valence-electron chi connectivity index (χ3n) is 2.25. The third-order valence-corrected chi connectivity index (χ3v) is 2.25. The molecule has 0 aromatic rings. The summed E-state index contributed by atoms with van der Waals surface area (Å²) in [5.41, 5.74) is 1.11. The molecule has 0 saturated carbocycles. The average molecular weight is 171 g/mol. The average Bonchev–Trinajstić information content (AvgIpc) is 2.52. The van der Waals surface area contributed by atoms with Crippen molar-refractivity contribution in [2.24, 2.45) is 11.1 Å². The third kappa shape index (κ3) is 2.21. The highest BCUT2D eigenvalue weighted by atomic mass is 16.6. The van der Waals surface area contributed by atoms with E-state index < -0.39 is 0 Å². The second kappa shape index (κ2) is 4.45. The lowest BCUT2D eigenvalue weighted by atomic mass is 9.97. The summed E-state index contributed by atoms with van der Waals surface area (Å²) in [6.45, 7) is 4.40. The maximum absolute atomic E-state index is 8.80. The molecule has 0 radical (unpaired) electrons.